The molecule has 0 unspecified atom stereocenters. The van der Waals surface area contributed by atoms with E-state index in [9.17, 15) is 9.59 Å². The molecule has 1 aromatic rings. The van der Waals surface area contributed by atoms with Crippen molar-refractivity contribution in [1.82, 2.24) is 9.80 Å². The zero-order valence-corrected chi connectivity index (χ0v) is 16.7. The Hall–Kier alpha value is -1.68. The van der Waals surface area contributed by atoms with Gasteiger partial charge in [0.25, 0.3) is 11.8 Å². The van der Waals surface area contributed by atoms with Gasteiger partial charge in [0, 0.05) is 14.1 Å². The number of hydrogen-bond acceptors (Lipinski definition) is 5. The summed E-state index contributed by atoms with van der Waals surface area (Å²) in [6.07, 6.45) is 1.54. The summed E-state index contributed by atoms with van der Waals surface area (Å²) >= 11 is 7.20. The van der Waals surface area contributed by atoms with Crippen molar-refractivity contribution < 1.29 is 19.1 Å². The van der Waals surface area contributed by atoms with Gasteiger partial charge < -0.3 is 9.47 Å². The van der Waals surface area contributed by atoms with Gasteiger partial charge in [-0.05, 0) is 65.5 Å². The quantitative estimate of drug-likeness (QED) is 0.299. The second-order valence-corrected chi connectivity index (χ2v) is 6.56. The summed E-state index contributed by atoms with van der Waals surface area (Å²) in [5.74, 6) is 0.333. The molecule has 6 nitrogen and oxygen atoms in total. The number of nitrogens with zero attached hydrogens (tertiary/aromatic N) is 2. The summed E-state index contributed by atoms with van der Waals surface area (Å²) in [6.45, 7) is 2.40. The highest BCUT2D eigenvalue weighted by Crippen LogP contribution is 2.35. The van der Waals surface area contributed by atoms with E-state index < -0.39 is 11.8 Å². The Morgan fingerprint density at radius 2 is 1.79 bits per heavy atom. The molecule has 2 amide bonds. The van der Waals surface area contributed by atoms with E-state index in [-0.39, 0.29) is 10.7 Å². The third-order valence-corrected chi connectivity index (χ3v) is 4.84. The van der Waals surface area contributed by atoms with Crippen molar-refractivity contribution in [3.05, 3.63) is 26.8 Å². The molecule has 1 aliphatic heterocycles. The molecule has 1 aliphatic rings. The number of benzene rings is 1. The Morgan fingerprint density at radius 3 is 2.29 bits per heavy atom. The summed E-state index contributed by atoms with van der Waals surface area (Å²) in [5.41, 5.74) is 0.724. The van der Waals surface area contributed by atoms with Gasteiger partial charge in [-0.3, -0.25) is 19.4 Å². The highest BCUT2D eigenvalue weighted by molar-refractivity contribution is 14.1. The summed E-state index contributed by atoms with van der Waals surface area (Å²) in [6, 6.07) is 3.56. The van der Waals surface area contributed by atoms with Gasteiger partial charge in [-0.25, -0.2) is 0 Å². The number of ether oxygens (including phenoxy) is 2. The third kappa shape index (κ3) is 3.39. The zero-order chi connectivity index (χ0) is 18.0. The second-order valence-electron chi connectivity index (χ2n) is 5.04. The van der Waals surface area contributed by atoms with E-state index in [1.165, 1.54) is 9.80 Å². The minimum atomic E-state index is -0.425. The van der Waals surface area contributed by atoms with Crippen molar-refractivity contribution >= 4 is 57.8 Å². The Kier molecular flexibility index (Phi) is 5.81. The fourth-order valence-corrected chi connectivity index (χ4v) is 3.20. The standard InChI is InChI=1S/C16H17IN2O4S/c1-5-23-13-11(17)7-9(8-12(13)22-4)6-10-14(20)18(2)16(24)19(3)15(10)21/h6-8H,5H2,1-4H3. The predicted octanol–water partition coefficient (Wildman–Crippen LogP) is 2.30. The van der Waals surface area contributed by atoms with Crippen LogP contribution in [0.25, 0.3) is 6.08 Å². The molecule has 0 radical (unpaired) electrons. The molecule has 128 valence electrons. The van der Waals surface area contributed by atoms with Crippen molar-refractivity contribution in [1.29, 1.82) is 0 Å². The lowest BCUT2D eigenvalue weighted by atomic mass is 10.1. The maximum atomic E-state index is 12.4. The molecule has 2 rings (SSSR count). The smallest absolute Gasteiger partial charge is 0.265 e. The molecule has 24 heavy (non-hydrogen) atoms. The lowest BCUT2D eigenvalue weighted by molar-refractivity contribution is -0.132. The maximum Gasteiger partial charge on any atom is 0.265 e. The van der Waals surface area contributed by atoms with E-state index >= 15 is 0 Å². The van der Waals surface area contributed by atoms with Crippen molar-refractivity contribution in [2.24, 2.45) is 0 Å². The Bertz CT molecular complexity index is 722. The van der Waals surface area contributed by atoms with Crippen LogP contribution in [0.15, 0.2) is 17.7 Å². The van der Waals surface area contributed by atoms with Crippen LogP contribution >= 0.6 is 34.8 Å². The van der Waals surface area contributed by atoms with Crippen molar-refractivity contribution in [2.75, 3.05) is 27.8 Å². The highest BCUT2D eigenvalue weighted by Gasteiger charge is 2.35. The Balaban J connectivity index is 2.50. The van der Waals surface area contributed by atoms with E-state index in [1.807, 2.05) is 13.0 Å². The number of halogens is 1. The zero-order valence-electron chi connectivity index (χ0n) is 13.8. The first-order valence-corrected chi connectivity index (χ1v) is 8.62. The van der Waals surface area contributed by atoms with Crippen molar-refractivity contribution in [2.45, 2.75) is 6.92 Å². The van der Waals surface area contributed by atoms with Gasteiger partial charge in [0.05, 0.1) is 17.3 Å². The molecule has 0 aliphatic carbocycles. The van der Waals surface area contributed by atoms with E-state index in [2.05, 4.69) is 22.6 Å². The fraction of sp³-hybridized carbons (Fsp3) is 0.312. The molecular weight excluding hydrogens is 443 g/mol. The van der Waals surface area contributed by atoms with Crippen LogP contribution in [0.1, 0.15) is 12.5 Å². The van der Waals surface area contributed by atoms with Gasteiger partial charge in [0.1, 0.15) is 5.57 Å². The molecular formula is C16H17IN2O4S. The fourth-order valence-electron chi connectivity index (χ4n) is 2.25. The minimum Gasteiger partial charge on any atom is -0.493 e. The second kappa shape index (κ2) is 7.47. The lowest BCUT2D eigenvalue weighted by Gasteiger charge is -2.31. The molecule has 0 aromatic heterocycles. The van der Waals surface area contributed by atoms with Crippen LogP contribution in [0.4, 0.5) is 0 Å². The van der Waals surface area contributed by atoms with E-state index in [0.717, 1.165) is 3.57 Å². The summed E-state index contributed by atoms with van der Waals surface area (Å²) in [4.78, 5) is 27.3. The molecule has 0 spiro atoms. The summed E-state index contributed by atoms with van der Waals surface area (Å²) in [5, 5.41) is 0.181. The van der Waals surface area contributed by atoms with Crippen LogP contribution in [0.2, 0.25) is 0 Å². The number of carbonyl (C=O) groups is 2. The third-order valence-electron chi connectivity index (χ3n) is 3.50. The largest absolute Gasteiger partial charge is 0.493 e. The number of methoxy groups -OCH3 is 1. The predicted molar refractivity (Wildman–Crippen MR) is 103 cm³/mol. The topological polar surface area (TPSA) is 59.1 Å². The number of carbonyl (C=O) groups excluding carboxylic acids is 2. The molecule has 1 saturated heterocycles. The first-order valence-electron chi connectivity index (χ1n) is 7.13. The van der Waals surface area contributed by atoms with E-state index in [4.69, 9.17) is 21.7 Å². The number of thiocarbonyl (C=S) groups is 1. The van der Waals surface area contributed by atoms with Crippen LogP contribution in [0.5, 0.6) is 11.5 Å². The Morgan fingerprint density at radius 1 is 1.21 bits per heavy atom. The normalized spacial score (nSPS) is 15.0. The minimum absolute atomic E-state index is 0.0515. The van der Waals surface area contributed by atoms with Gasteiger partial charge in [-0.1, -0.05) is 0 Å². The maximum absolute atomic E-state index is 12.4. The van der Waals surface area contributed by atoms with E-state index in [1.54, 1.807) is 33.3 Å². The van der Waals surface area contributed by atoms with Gasteiger partial charge in [0.15, 0.2) is 16.6 Å². The molecule has 0 atom stereocenters. The molecule has 1 fully saturated rings. The molecule has 1 heterocycles. The average molecular weight is 460 g/mol. The van der Waals surface area contributed by atoms with Gasteiger partial charge >= 0.3 is 0 Å². The van der Waals surface area contributed by atoms with E-state index in [0.29, 0.717) is 23.7 Å². The number of hydrogen-bond donors (Lipinski definition) is 0. The first kappa shape index (κ1) is 18.7. The van der Waals surface area contributed by atoms with Crippen LogP contribution in [0, 0.1) is 3.57 Å². The molecule has 0 bridgehead atoms. The first-order chi connectivity index (χ1) is 11.3. The van der Waals surface area contributed by atoms with Gasteiger partial charge in [0.2, 0.25) is 0 Å². The molecule has 0 N–H and O–H groups in total. The SMILES string of the molecule is CCOc1c(I)cc(C=C2C(=O)N(C)C(=S)N(C)C2=O)cc1OC. The summed E-state index contributed by atoms with van der Waals surface area (Å²) < 4.78 is 11.8. The summed E-state index contributed by atoms with van der Waals surface area (Å²) in [7, 11) is 4.63. The van der Waals surface area contributed by atoms with Crippen LogP contribution < -0.4 is 9.47 Å². The highest BCUT2D eigenvalue weighted by atomic mass is 127. The lowest BCUT2D eigenvalue weighted by Crippen LogP contribution is -2.52. The average Bonchev–Trinajstić information content (AvgIpc) is 2.57. The van der Waals surface area contributed by atoms with Crippen LogP contribution in [0.3, 0.4) is 0 Å². The number of likely N-dealkylation sites (N-methyl/N-ethyl adjacent to an activating group) is 2. The molecule has 8 heteroatoms. The number of amides is 2. The Labute approximate surface area is 159 Å². The van der Waals surface area contributed by atoms with Crippen LogP contribution in [-0.4, -0.2) is 54.5 Å². The van der Waals surface area contributed by atoms with Crippen molar-refractivity contribution in [3.63, 3.8) is 0 Å². The van der Waals surface area contributed by atoms with Gasteiger partial charge in [-0.15, -0.1) is 0 Å². The molecule has 1 aromatic carbocycles. The van der Waals surface area contributed by atoms with Gasteiger partial charge in [-0.2, -0.15) is 0 Å². The molecule has 0 saturated carbocycles. The number of rotatable bonds is 4. The monoisotopic (exact) mass is 460 g/mol. The van der Waals surface area contributed by atoms with Crippen LogP contribution in [-0.2, 0) is 9.59 Å². The van der Waals surface area contributed by atoms with Crippen molar-refractivity contribution in [3.8, 4) is 11.5 Å².